The van der Waals surface area contributed by atoms with Crippen molar-refractivity contribution in [1.29, 1.82) is 0 Å². The smallest absolute Gasteiger partial charge is 0.328 e. The molecule has 0 heterocycles. The number of halogens is 4. The van der Waals surface area contributed by atoms with E-state index in [2.05, 4.69) is 0 Å². The van der Waals surface area contributed by atoms with E-state index < -0.39 is 30.5 Å². The van der Waals surface area contributed by atoms with Gasteiger partial charge in [0.15, 0.2) is 0 Å². The van der Waals surface area contributed by atoms with Crippen LogP contribution in [0.3, 0.4) is 0 Å². The third-order valence-corrected chi connectivity index (χ3v) is 1.85. The highest BCUT2D eigenvalue weighted by molar-refractivity contribution is 5.95. The second-order valence-electron chi connectivity index (χ2n) is 3.38. The zero-order valence-electron chi connectivity index (χ0n) is 9.34. The topological polar surface area (TPSA) is 70.2 Å². The zero-order valence-corrected chi connectivity index (χ0v) is 9.34. The molecule has 0 aromatic heterocycles. The Morgan fingerprint density at radius 1 is 1.05 bits per heavy atom. The van der Waals surface area contributed by atoms with Gasteiger partial charge in [0.2, 0.25) is 0 Å². The van der Waals surface area contributed by atoms with E-state index in [4.69, 9.17) is 0 Å². The number of benzene rings is 1. The lowest BCUT2D eigenvalue weighted by atomic mass is 10.2. The molecule has 3 amide bonds. The summed E-state index contributed by atoms with van der Waals surface area (Å²) in [6.07, 6.45) is -4.54. The lowest BCUT2D eigenvalue weighted by molar-refractivity contribution is -0.122. The Balaban J connectivity index is 2.38. The van der Waals surface area contributed by atoms with Gasteiger partial charge >= 0.3 is 12.2 Å². The van der Waals surface area contributed by atoms with E-state index >= 15 is 0 Å². The lowest BCUT2D eigenvalue weighted by Crippen LogP contribution is -2.48. The third kappa shape index (κ3) is 5.70. The number of rotatable bonds is 2. The predicted molar refractivity (Wildman–Crippen MR) is 56.5 cm³/mol. The highest BCUT2D eigenvalue weighted by atomic mass is 19.4. The molecule has 0 unspecified atom stereocenters. The van der Waals surface area contributed by atoms with Crippen molar-refractivity contribution in [2.75, 3.05) is 6.54 Å². The molecule has 19 heavy (non-hydrogen) atoms. The summed E-state index contributed by atoms with van der Waals surface area (Å²) in [5.41, 5.74) is 3.63. The van der Waals surface area contributed by atoms with Crippen molar-refractivity contribution < 1.29 is 27.2 Å². The Labute approximate surface area is 104 Å². The molecule has 0 saturated carbocycles. The average molecular weight is 279 g/mol. The number of hydrogen-bond acceptors (Lipinski definition) is 2. The van der Waals surface area contributed by atoms with E-state index in [-0.39, 0.29) is 5.56 Å². The number of alkyl halides is 3. The van der Waals surface area contributed by atoms with Gasteiger partial charge in [0.1, 0.15) is 12.4 Å². The molecule has 0 fully saturated rings. The summed E-state index contributed by atoms with van der Waals surface area (Å²) in [7, 11) is 0. The monoisotopic (exact) mass is 279 g/mol. The number of carbonyl (C=O) groups is 2. The van der Waals surface area contributed by atoms with E-state index in [9.17, 15) is 27.2 Å². The predicted octanol–water partition coefficient (Wildman–Crippen LogP) is 1.33. The van der Waals surface area contributed by atoms with Gasteiger partial charge in [-0.05, 0) is 24.3 Å². The van der Waals surface area contributed by atoms with Crippen molar-refractivity contribution in [1.82, 2.24) is 16.2 Å². The van der Waals surface area contributed by atoms with E-state index in [1.54, 1.807) is 5.43 Å². The molecule has 0 bridgehead atoms. The van der Waals surface area contributed by atoms with Crippen molar-refractivity contribution in [3.05, 3.63) is 35.6 Å². The number of carbonyl (C=O) groups excluding carboxylic acids is 2. The Kier molecular flexibility index (Phi) is 4.67. The molecule has 3 N–H and O–H groups in total. The van der Waals surface area contributed by atoms with Gasteiger partial charge in [0, 0.05) is 5.56 Å². The van der Waals surface area contributed by atoms with Crippen LogP contribution in [-0.2, 0) is 0 Å². The van der Waals surface area contributed by atoms with Crippen LogP contribution in [0.15, 0.2) is 24.3 Å². The number of hydrazine groups is 1. The molecule has 104 valence electrons. The maximum atomic E-state index is 12.6. The van der Waals surface area contributed by atoms with Gasteiger partial charge in [-0.3, -0.25) is 10.2 Å². The van der Waals surface area contributed by atoms with Crippen LogP contribution in [-0.4, -0.2) is 24.7 Å². The molecule has 9 heteroatoms. The van der Waals surface area contributed by atoms with Crippen LogP contribution in [0.25, 0.3) is 0 Å². The Hall–Kier alpha value is -2.32. The first-order chi connectivity index (χ1) is 8.78. The molecule has 1 aromatic carbocycles. The number of urea groups is 1. The van der Waals surface area contributed by atoms with Crippen molar-refractivity contribution in [3.63, 3.8) is 0 Å². The van der Waals surface area contributed by atoms with Crippen LogP contribution < -0.4 is 16.2 Å². The van der Waals surface area contributed by atoms with Crippen LogP contribution in [0.1, 0.15) is 10.4 Å². The SMILES string of the molecule is O=C(NCC(F)(F)F)NNC(=O)c1ccc(F)cc1. The van der Waals surface area contributed by atoms with E-state index in [0.717, 1.165) is 24.3 Å². The van der Waals surface area contributed by atoms with E-state index in [1.165, 1.54) is 5.32 Å². The molecule has 1 aromatic rings. The maximum Gasteiger partial charge on any atom is 0.405 e. The molecule has 1 rings (SSSR count). The summed E-state index contributed by atoms with van der Waals surface area (Å²) in [6.45, 7) is -1.52. The van der Waals surface area contributed by atoms with Crippen LogP contribution in [0.2, 0.25) is 0 Å². The van der Waals surface area contributed by atoms with Crippen LogP contribution in [0, 0.1) is 5.82 Å². The molecule has 5 nitrogen and oxygen atoms in total. The second kappa shape index (κ2) is 6.03. The largest absolute Gasteiger partial charge is 0.405 e. The van der Waals surface area contributed by atoms with Crippen molar-refractivity contribution in [3.8, 4) is 0 Å². The molecule has 0 radical (unpaired) electrons. The molecular formula is C10H9F4N3O2. The van der Waals surface area contributed by atoms with Crippen molar-refractivity contribution in [2.45, 2.75) is 6.18 Å². The first-order valence-electron chi connectivity index (χ1n) is 4.94. The van der Waals surface area contributed by atoms with Gasteiger partial charge in [-0.2, -0.15) is 13.2 Å². The minimum absolute atomic E-state index is 0.0394. The fourth-order valence-electron chi connectivity index (χ4n) is 1.01. The Bertz CT molecular complexity index is 459. The summed E-state index contributed by atoms with van der Waals surface area (Å²) in [4.78, 5) is 22.2. The third-order valence-electron chi connectivity index (χ3n) is 1.85. The van der Waals surface area contributed by atoms with Crippen LogP contribution in [0.5, 0.6) is 0 Å². The fraction of sp³-hybridized carbons (Fsp3) is 0.200. The highest BCUT2D eigenvalue weighted by Gasteiger charge is 2.27. The Morgan fingerprint density at radius 2 is 1.63 bits per heavy atom. The normalized spacial score (nSPS) is 10.7. The average Bonchev–Trinajstić information content (AvgIpc) is 2.33. The van der Waals surface area contributed by atoms with Gasteiger partial charge in [0.05, 0.1) is 0 Å². The second-order valence-corrected chi connectivity index (χ2v) is 3.38. The van der Waals surface area contributed by atoms with Gasteiger partial charge in [-0.15, -0.1) is 0 Å². The summed E-state index contributed by atoms with van der Waals surface area (Å²) < 4.78 is 47.8. The summed E-state index contributed by atoms with van der Waals surface area (Å²) in [6, 6.07) is 3.14. The summed E-state index contributed by atoms with van der Waals surface area (Å²) in [5, 5.41) is 1.49. The number of hydrogen-bond donors (Lipinski definition) is 3. The first kappa shape index (κ1) is 14.7. The molecule has 0 spiro atoms. The molecule has 0 aliphatic carbocycles. The molecule has 0 saturated heterocycles. The highest BCUT2D eigenvalue weighted by Crippen LogP contribution is 2.11. The summed E-state index contributed by atoms with van der Waals surface area (Å²) >= 11 is 0. The van der Waals surface area contributed by atoms with Gasteiger partial charge in [-0.1, -0.05) is 0 Å². The molecule has 0 atom stereocenters. The standard InChI is InChI=1S/C10H9F4N3O2/c11-7-3-1-6(2-4-7)8(18)16-17-9(19)15-5-10(12,13)14/h1-4H,5H2,(H,16,18)(H2,15,17,19). The maximum absolute atomic E-state index is 12.6. The van der Waals surface area contributed by atoms with Crippen LogP contribution in [0.4, 0.5) is 22.4 Å². The minimum atomic E-state index is -4.54. The summed E-state index contributed by atoms with van der Waals surface area (Å²) in [5.74, 6) is -1.34. The number of amides is 3. The fourth-order valence-corrected chi connectivity index (χ4v) is 1.01. The van der Waals surface area contributed by atoms with Gasteiger partial charge in [-0.25, -0.2) is 14.6 Å². The van der Waals surface area contributed by atoms with Crippen molar-refractivity contribution in [2.24, 2.45) is 0 Å². The molecule has 0 aliphatic rings. The molecule has 0 aliphatic heterocycles. The first-order valence-corrected chi connectivity index (χ1v) is 4.94. The van der Waals surface area contributed by atoms with Crippen molar-refractivity contribution >= 4 is 11.9 Å². The van der Waals surface area contributed by atoms with E-state index in [0.29, 0.717) is 0 Å². The van der Waals surface area contributed by atoms with Crippen LogP contribution >= 0.6 is 0 Å². The Morgan fingerprint density at radius 3 is 2.16 bits per heavy atom. The van der Waals surface area contributed by atoms with Gasteiger partial charge < -0.3 is 5.32 Å². The molecular weight excluding hydrogens is 270 g/mol. The quantitative estimate of drug-likeness (QED) is 0.564. The number of nitrogens with one attached hydrogen (secondary N) is 3. The zero-order chi connectivity index (χ0) is 14.5. The van der Waals surface area contributed by atoms with Gasteiger partial charge in [0.25, 0.3) is 5.91 Å². The van der Waals surface area contributed by atoms with E-state index in [1.807, 2.05) is 5.43 Å². The minimum Gasteiger partial charge on any atom is -0.328 e. The lowest BCUT2D eigenvalue weighted by Gasteiger charge is -2.10.